The second-order valence-electron chi connectivity index (χ2n) is 3.47. The van der Waals surface area contributed by atoms with Crippen molar-refractivity contribution in [2.75, 3.05) is 0 Å². The lowest BCUT2D eigenvalue weighted by atomic mass is 9.70. The van der Waals surface area contributed by atoms with Crippen LogP contribution in [0.15, 0.2) is 12.2 Å². The number of ketones is 1. The molecule has 0 radical (unpaired) electrons. The highest BCUT2D eigenvalue weighted by Gasteiger charge is 2.70. The maximum Gasteiger partial charge on any atom is 0.140 e. The number of carbonyl (C=O) groups excluding carboxylic acids is 1. The van der Waals surface area contributed by atoms with Crippen molar-refractivity contribution in [2.24, 2.45) is 17.3 Å². The van der Waals surface area contributed by atoms with Crippen molar-refractivity contribution in [3.8, 4) is 0 Å². The number of allylic oxidation sites excluding steroid dienone is 2. The zero-order valence-electron chi connectivity index (χ0n) is 5.13. The number of hydrogen-bond acceptors (Lipinski definition) is 1. The normalized spacial score (nSPS) is 58.4. The Morgan fingerprint density at radius 2 is 2.22 bits per heavy atom. The molecule has 0 aliphatic heterocycles. The van der Waals surface area contributed by atoms with E-state index in [-0.39, 0.29) is 5.41 Å². The van der Waals surface area contributed by atoms with Crippen LogP contribution in [-0.4, -0.2) is 5.78 Å². The molecule has 3 rings (SSSR count). The molecule has 0 heterocycles. The smallest absolute Gasteiger partial charge is 0.140 e. The summed E-state index contributed by atoms with van der Waals surface area (Å²) in [4.78, 5) is 11.0. The van der Waals surface area contributed by atoms with Gasteiger partial charge >= 0.3 is 0 Å². The monoisotopic (exact) mass is 120 g/mol. The van der Waals surface area contributed by atoms with Gasteiger partial charge in [0.25, 0.3) is 0 Å². The minimum Gasteiger partial charge on any atom is -0.299 e. The zero-order valence-corrected chi connectivity index (χ0v) is 5.13. The summed E-state index contributed by atoms with van der Waals surface area (Å²) in [5.41, 5.74) is 0.208. The molecule has 0 aromatic rings. The van der Waals surface area contributed by atoms with Gasteiger partial charge in [-0.25, -0.2) is 0 Å². The van der Waals surface area contributed by atoms with Crippen LogP contribution in [0.4, 0.5) is 0 Å². The predicted octanol–water partition coefficient (Wildman–Crippen LogP) is 1.15. The van der Waals surface area contributed by atoms with Crippen LogP contribution in [-0.2, 0) is 4.79 Å². The fourth-order valence-electron chi connectivity index (χ4n) is 2.45. The molecule has 3 aliphatic carbocycles. The van der Waals surface area contributed by atoms with Crippen LogP contribution in [0.5, 0.6) is 0 Å². The molecule has 1 spiro atoms. The highest BCUT2D eigenvalue weighted by Crippen LogP contribution is 2.70. The van der Waals surface area contributed by atoms with Crippen LogP contribution in [0, 0.1) is 17.3 Å². The van der Waals surface area contributed by atoms with Crippen molar-refractivity contribution in [3.05, 3.63) is 12.2 Å². The van der Waals surface area contributed by atoms with Crippen molar-refractivity contribution in [3.63, 3.8) is 0 Å². The van der Waals surface area contributed by atoms with Crippen LogP contribution in [0.2, 0.25) is 0 Å². The number of Topliss-reactive ketones (excluding diaryl/α,β-unsaturated/α-hetero) is 1. The Bertz CT molecular complexity index is 229. The van der Waals surface area contributed by atoms with Gasteiger partial charge in [0.2, 0.25) is 0 Å². The Labute approximate surface area is 53.7 Å². The Morgan fingerprint density at radius 1 is 1.44 bits per heavy atom. The molecule has 2 fully saturated rings. The molecule has 0 aromatic heterocycles. The minimum absolute atomic E-state index is 0.208. The molecule has 0 bridgehead atoms. The molecule has 0 amide bonds. The molecule has 0 aromatic carbocycles. The first-order valence-corrected chi connectivity index (χ1v) is 3.56. The molecule has 0 N–H and O–H groups in total. The minimum atomic E-state index is 0.208. The molecule has 3 unspecified atom stereocenters. The van der Waals surface area contributed by atoms with Crippen LogP contribution in [0.1, 0.15) is 12.8 Å². The van der Waals surface area contributed by atoms with Crippen LogP contribution >= 0.6 is 0 Å². The summed E-state index contributed by atoms with van der Waals surface area (Å²) in [6.45, 7) is 0. The number of hydrogen-bond donors (Lipinski definition) is 0. The summed E-state index contributed by atoms with van der Waals surface area (Å²) in [5, 5.41) is 0. The number of carbonyl (C=O) groups is 1. The molecule has 1 nitrogen and oxygen atoms in total. The molecule has 0 saturated heterocycles. The first-order valence-electron chi connectivity index (χ1n) is 3.56. The molecular weight excluding hydrogens is 112 g/mol. The van der Waals surface area contributed by atoms with E-state index in [2.05, 4.69) is 12.2 Å². The summed E-state index contributed by atoms with van der Waals surface area (Å²) >= 11 is 0. The molecule has 2 saturated carbocycles. The second-order valence-corrected chi connectivity index (χ2v) is 3.47. The Hall–Kier alpha value is -0.590. The lowest BCUT2D eigenvalue weighted by molar-refractivity contribution is -0.134. The highest BCUT2D eigenvalue weighted by atomic mass is 16.1. The van der Waals surface area contributed by atoms with E-state index in [0.717, 1.165) is 6.42 Å². The first kappa shape index (κ1) is 4.26. The lowest BCUT2D eigenvalue weighted by Crippen LogP contribution is -2.37. The third-order valence-corrected chi connectivity index (χ3v) is 3.22. The standard InChI is InChI=1S/C8H8O/c9-7-3-5-1-2-6-4-8(5,6)7/h1-2,5-6H,3-4H2. The quantitative estimate of drug-likeness (QED) is 0.438. The molecule has 46 valence electrons. The fourth-order valence-corrected chi connectivity index (χ4v) is 2.45. The van der Waals surface area contributed by atoms with E-state index in [1.807, 2.05) is 0 Å². The predicted molar refractivity (Wildman–Crippen MR) is 32.8 cm³/mol. The Morgan fingerprint density at radius 3 is 2.67 bits per heavy atom. The second kappa shape index (κ2) is 0.898. The fraction of sp³-hybridized carbons (Fsp3) is 0.625. The van der Waals surface area contributed by atoms with E-state index in [1.165, 1.54) is 6.42 Å². The van der Waals surface area contributed by atoms with Gasteiger partial charge in [0, 0.05) is 11.8 Å². The largest absolute Gasteiger partial charge is 0.299 e. The highest BCUT2D eigenvalue weighted by molar-refractivity contribution is 5.96. The van der Waals surface area contributed by atoms with Gasteiger partial charge in [0.05, 0.1) is 0 Å². The average molecular weight is 120 g/mol. The summed E-state index contributed by atoms with van der Waals surface area (Å²) in [7, 11) is 0. The van der Waals surface area contributed by atoms with E-state index in [0.29, 0.717) is 17.6 Å². The zero-order chi connectivity index (χ0) is 6.06. The molecule has 3 atom stereocenters. The van der Waals surface area contributed by atoms with E-state index in [1.54, 1.807) is 0 Å². The van der Waals surface area contributed by atoms with E-state index >= 15 is 0 Å². The summed E-state index contributed by atoms with van der Waals surface area (Å²) in [6.07, 6.45) is 6.48. The van der Waals surface area contributed by atoms with Crippen LogP contribution in [0.3, 0.4) is 0 Å². The van der Waals surface area contributed by atoms with Gasteiger partial charge < -0.3 is 0 Å². The summed E-state index contributed by atoms with van der Waals surface area (Å²) in [5.74, 6) is 1.86. The Kier molecular flexibility index (Phi) is 0.425. The van der Waals surface area contributed by atoms with E-state index in [4.69, 9.17) is 0 Å². The van der Waals surface area contributed by atoms with Crippen molar-refractivity contribution < 1.29 is 4.79 Å². The van der Waals surface area contributed by atoms with Crippen molar-refractivity contribution >= 4 is 5.78 Å². The van der Waals surface area contributed by atoms with Gasteiger partial charge in [-0.15, -0.1) is 0 Å². The van der Waals surface area contributed by atoms with E-state index in [9.17, 15) is 4.79 Å². The van der Waals surface area contributed by atoms with E-state index < -0.39 is 0 Å². The maximum absolute atomic E-state index is 11.0. The summed E-state index contributed by atoms with van der Waals surface area (Å²) in [6, 6.07) is 0. The SMILES string of the molecule is O=C1CC2C=CC3CC123. The molecular formula is C8H8O. The van der Waals surface area contributed by atoms with Gasteiger partial charge in [0.15, 0.2) is 0 Å². The molecule has 3 aliphatic rings. The third kappa shape index (κ3) is 0.251. The summed E-state index contributed by atoms with van der Waals surface area (Å²) < 4.78 is 0. The third-order valence-electron chi connectivity index (χ3n) is 3.22. The van der Waals surface area contributed by atoms with Gasteiger partial charge in [-0.3, -0.25) is 4.79 Å². The van der Waals surface area contributed by atoms with Crippen molar-refractivity contribution in [1.82, 2.24) is 0 Å². The topological polar surface area (TPSA) is 17.1 Å². The van der Waals surface area contributed by atoms with Gasteiger partial charge in [0.1, 0.15) is 5.78 Å². The van der Waals surface area contributed by atoms with Crippen LogP contribution in [0.25, 0.3) is 0 Å². The lowest BCUT2D eigenvalue weighted by Gasteiger charge is -2.31. The molecule has 1 heteroatoms. The van der Waals surface area contributed by atoms with Crippen molar-refractivity contribution in [1.29, 1.82) is 0 Å². The van der Waals surface area contributed by atoms with Gasteiger partial charge in [-0.05, 0) is 18.3 Å². The van der Waals surface area contributed by atoms with Gasteiger partial charge in [-0.1, -0.05) is 12.2 Å². The number of rotatable bonds is 0. The maximum atomic E-state index is 11.0. The Balaban J connectivity index is 2.13. The first-order chi connectivity index (χ1) is 4.34. The average Bonchev–Trinajstić information content (AvgIpc) is 2.52. The van der Waals surface area contributed by atoms with Crippen LogP contribution < -0.4 is 0 Å². The molecule has 9 heavy (non-hydrogen) atoms. The van der Waals surface area contributed by atoms with Gasteiger partial charge in [-0.2, -0.15) is 0 Å². The van der Waals surface area contributed by atoms with Crippen molar-refractivity contribution in [2.45, 2.75) is 12.8 Å².